The molecule has 2 nitrogen and oxygen atoms in total. The van der Waals surface area contributed by atoms with Gasteiger partial charge in [0.2, 0.25) is 0 Å². The molecule has 0 N–H and O–H groups in total. The van der Waals surface area contributed by atoms with E-state index in [1.165, 1.54) is 0 Å². The minimum atomic E-state index is 0.522. The Kier molecular flexibility index (Phi) is 7.74. The van der Waals surface area contributed by atoms with Crippen molar-refractivity contribution in [2.45, 2.75) is 20.8 Å². The Morgan fingerprint density at radius 2 is 1.81 bits per heavy atom. The third-order valence-electron chi connectivity index (χ3n) is 3.83. The number of hydrogen-bond donors (Lipinski definition) is 0. The van der Waals surface area contributed by atoms with Crippen molar-refractivity contribution < 1.29 is 0 Å². The van der Waals surface area contributed by atoms with Crippen LogP contribution < -0.4 is 0 Å². The summed E-state index contributed by atoms with van der Waals surface area (Å²) in [5, 5.41) is 1.05. The molecule has 26 heavy (non-hydrogen) atoms. The summed E-state index contributed by atoms with van der Waals surface area (Å²) >= 11 is 14.8. The maximum absolute atomic E-state index is 6.46. The monoisotopic (exact) mass is 498 g/mol. The number of halogens is 3. The third kappa shape index (κ3) is 4.33. The molecular weight excluding hydrogens is 478 g/mol. The lowest BCUT2D eigenvalue weighted by molar-refractivity contribution is 0.529. The maximum atomic E-state index is 6.46. The second kappa shape index (κ2) is 9.58. The van der Waals surface area contributed by atoms with Gasteiger partial charge in [0.15, 0.2) is 0 Å². The molecule has 5 heteroatoms. The molecule has 3 rings (SSSR count). The summed E-state index contributed by atoms with van der Waals surface area (Å²) < 4.78 is 1.10. The average molecular weight is 499 g/mol. The largest absolute Gasteiger partial charge is 0.339 e. The summed E-state index contributed by atoms with van der Waals surface area (Å²) in [6.45, 7) is 11.1. The van der Waals surface area contributed by atoms with Crippen molar-refractivity contribution in [3.8, 4) is 0 Å². The number of rotatable bonds is 3. The summed E-state index contributed by atoms with van der Waals surface area (Å²) in [6.07, 6.45) is 3.75. The van der Waals surface area contributed by atoms with Gasteiger partial charge >= 0.3 is 0 Å². The zero-order valence-corrected chi connectivity index (χ0v) is 18.7. The molecule has 0 saturated carbocycles. The van der Waals surface area contributed by atoms with Gasteiger partial charge in [0, 0.05) is 27.6 Å². The number of nitrogens with zero attached hydrogens (tertiary/aromatic N) is 2. The predicted octanol–water partition coefficient (Wildman–Crippen LogP) is 7.45. The first kappa shape index (κ1) is 21.0. The summed E-state index contributed by atoms with van der Waals surface area (Å²) in [4.78, 5) is 6.64. The second-order valence-corrected chi connectivity index (χ2v) is 7.30. The van der Waals surface area contributed by atoms with Gasteiger partial charge in [-0.3, -0.25) is 4.98 Å². The van der Waals surface area contributed by atoms with Gasteiger partial charge in [-0.1, -0.05) is 74.0 Å². The molecule has 0 radical (unpaired) electrons. The predicted molar refractivity (Wildman–Crippen MR) is 122 cm³/mol. The van der Waals surface area contributed by atoms with Crippen molar-refractivity contribution in [1.29, 1.82) is 0 Å². The van der Waals surface area contributed by atoms with E-state index in [-0.39, 0.29) is 0 Å². The zero-order chi connectivity index (χ0) is 19.3. The van der Waals surface area contributed by atoms with Crippen molar-refractivity contribution in [2.24, 2.45) is 0 Å². The molecule has 0 fully saturated rings. The van der Waals surface area contributed by atoms with Crippen molar-refractivity contribution in [2.75, 3.05) is 6.54 Å². The van der Waals surface area contributed by atoms with Crippen LogP contribution in [-0.2, 0) is 0 Å². The van der Waals surface area contributed by atoms with Crippen LogP contribution in [0.2, 0.25) is 10.0 Å². The normalized spacial score (nSPS) is 14.0. The second-order valence-electron chi connectivity index (χ2n) is 5.30. The van der Waals surface area contributed by atoms with E-state index >= 15 is 0 Å². The molecule has 0 saturated heterocycles. The van der Waals surface area contributed by atoms with Gasteiger partial charge in [-0.05, 0) is 47.2 Å². The highest BCUT2D eigenvalue weighted by atomic mass is 127. The lowest BCUT2D eigenvalue weighted by Gasteiger charge is -2.33. The molecule has 136 valence electrons. The molecule has 2 heterocycles. The molecule has 1 aliphatic rings. The molecule has 0 bridgehead atoms. The zero-order valence-electron chi connectivity index (χ0n) is 15.1. The molecule has 0 amide bonds. The Labute approximate surface area is 179 Å². The van der Waals surface area contributed by atoms with Crippen LogP contribution in [0.25, 0.3) is 11.3 Å². The highest BCUT2D eigenvalue weighted by molar-refractivity contribution is 14.1. The topological polar surface area (TPSA) is 16.1 Å². The number of pyridine rings is 1. The van der Waals surface area contributed by atoms with Crippen molar-refractivity contribution in [1.82, 2.24) is 9.88 Å². The first-order valence-electron chi connectivity index (χ1n) is 8.48. The lowest BCUT2D eigenvalue weighted by Crippen LogP contribution is -2.25. The fourth-order valence-electron chi connectivity index (χ4n) is 2.72. The fraction of sp³-hybridized carbons (Fsp3) is 0.190. The molecular formula is C21H21Cl2IN2. The van der Waals surface area contributed by atoms with Crippen LogP contribution in [0.1, 0.15) is 32.0 Å². The standard InChI is InChI=1S/C19H15Cl2IN2.C2H6/c1-3-24-12(2)17(22)10-15(13-7-5-4-6-8-13)19(24)18-16(21)9-14(20)11-23-18;1-2/h4-11H,2-3H2,1H3;1-2H3. The van der Waals surface area contributed by atoms with E-state index in [1.807, 2.05) is 32.0 Å². The average Bonchev–Trinajstić information content (AvgIpc) is 2.66. The van der Waals surface area contributed by atoms with E-state index in [4.69, 9.17) is 23.2 Å². The lowest BCUT2D eigenvalue weighted by atomic mass is 9.97. The smallest absolute Gasteiger partial charge is 0.106 e. The summed E-state index contributed by atoms with van der Waals surface area (Å²) in [5.41, 5.74) is 4.80. The number of benzene rings is 1. The molecule has 1 aromatic carbocycles. The Hall–Kier alpha value is -1.30. The summed E-state index contributed by atoms with van der Waals surface area (Å²) in [7, 11) is 0. The SMILES string of the molecule is C=C1C(I)=CC(c2ccccc2)=C(c2ncc(Cl)cc2Cl)N1CC.CC. The third-order valence-corrected chi connectivity index (χ3v) is 5.26. The van der Waals surface area contributed by atoms with Gasteiger partial charge in [0.1, 0.15) is 5.69 Å². The van der Waals surface area contributed by atoms with E-state index in [1.54, 1.807) is 12.3 Å². The van der Waals surface area contributed by atoms with E-state index in [0.29, 0.717) is 15.7 Å². The summed E-state index contributed by atoms with van der Waals surface area (Å²) in [5.74, 6) is 0. The number of hydrogen-bond acceptors (Lipinski definition) is 2. The Morgan fingerprint density at radius 1 is 1.15 bits per heavy atom. The van der Waals surface area contributed by atoms with Crippen LogP contribution in [0.4, 0.5) is 0 Å². The van der Waals surface area contributed by atoms with Crippen LogP contribution in [0.3, 0.4) is 0 Å². The molecule has 2 aromatic rings. The van der Waals surface area contributed by atoms with Gasteiger partial charge in [-0.15, -0.1) is 0 Å². The molecule has 0 spiro atoms. The highest BCUT2D eigenvalue weighted by Gasteiger charge is 2.26. The summed E-state index contributed by atoms with van der Waals surface area (Å²) in [6, 6.07) is 11.9. The first-order chi connectivity index (χ1) is 12.5. The van der Waals surface area contributed by atoms with Crippen LogP contribution >= 0.6 is 45.8 Å². The van der Waals surface area contributed by atoms with Gasteiger partial charge in [0.05, 0.1) is 15.7 Å². The van der Waals surface area contributed by atoms with Gasteiger partial charge in [-0.25, -0.2) is 0 Å². The van der Waals surface area contributed by atoms with Crippen LogP contribution in [0, 0.1) is 0 Å². The van der Waals surface area contributed by atoms with E-state index in [9.17, 15) is 0 Å². The number of likely N-dealkylation sites (N-methyl/N-ethyl adjacent to an activating group) is 1. The molecule has 0 aliphatic carbocycles. The van der Waals surface area contributed by atoms with Gasteiger partial charge < -0.3 is 4.90 Å². The van der Waals surface area contributed by atoms with Gasteiger partial charge in [0.25, 0.3) is 0 Å². The van der Waals surface area contributed by atoms with Crippen molar-refractivity contribution in [3.63, 3.8) is 0 Å². The minimum Gasteiger partial charge on any atom is -0.339 e. The molecule has 1 aromatic heterocycles. The molecule has 0 atom stereocenters. The van der Waals surface area contributed by atoms with Crippen LogP contribution in [0.5, 0.6) is 0 Å². The van der Waals surface area contributed by atoms with Gasteiger partial charge in [-0.2, -0.15) is 0 Å². The van der Waals surface area contributed by atoms with Crippen molar-refractivity contribution >= 4 is 57.1 Å². The van der Waals surface area contributed by atoms with Crippen LogP contribution in [-0.4, -0.2) is 16.4 Å². The Bertz CT molecular complexity index is 858. The Balaban J connectivity index is 0.00000117. The fourth-order valence-corrected chi connectivity index (χ4v) is 3.79. The van der Waals surface area contributed by atoms with E-state index in [0.717, 1.165) is 32.7 Å². The van der Waals surface area contributed by atoms with E-state index in [2.05, 4.69) is 64.2 Å². The quantitative estimate of drug-likeness (QED) is 0.408. The first-order valence-corrected chi connectivity index (χ1v) is 10.3. The molecule has 0 unspecified atom stereocenters. The number of allylic oxidation sites excluding steroid dienone is 3. The van der Waals surface area contributed by atoms with Crippen LogP contribution in [0.15, 0.2) is 64.5 Å². The van der Waals surface area contributed by atoms with E-state index < -0.39 is 0 Å². The highest BCUT2D eigenvalue weighted by Crippen LogP contribution is 2.42. The molecule has 1 aliphatic heterocycles. The Morgan fingerprint density at radius 3 is 2.38 bits per heavy atom. The van der Waals surface area contributed by atoms with Crippen molar-refractivity contribution in [3.05, 3.63) is 85.8 Å². The minimum absolute atomic E-state index is 0.522. The number of aromatic nitrogens is 1. The maximum Gasteiger partial charge on any atom is 0.106 e.